The van der Waals surface area contributed by atoms with Crippen LogP contribution >= 0.6 is 11.8 Å². The van der Waals surface area contributed by atoms with E-state index < -0.39 is 17.8 Å². The van der Waals surface area contributed by atoms with Crippen LogP contribution in [0.25, 0.3) is 0 Å². The zero-order valence-corrected chi connectivity index (χ0v) is 15.3. The number of anilines is 3. The van der Waals surface area contributed by atoms with Gasteiger partial charge in [-0.05, 0) is 60.7 Å². The van der Waals surface area contributed by atoms with Gasteiger partial charge in [-0.15, -0.1) is 0 Å². The Hall–Kier alpha value is -3.52. The highest BCUT2D eigenvalue weighted by molar-refractivity contribution is 7.99. The lowest BCUT2D eigenvalue weighted by atomic mass is 10.2. The number of carbonyl (C=O) groups excluding carboxylic acids is 1. The third kappa shape index (κ3) is 5.01. The number of hydrogen-bond acceptors (Lipinski definition) is 4. The summed E-state index contributed by atoms with van der Waals surface area (Å²) in [5.74, 6) is -0.827. The molecule has 28 heavy (non-hydrogen) atoms. The van der Waals surface area contributed by atoms with Crippen LogP contribution in [0.4, 0.5) is 26.2 Å². The summed E-state index contributed by atoms with van der Waals surface area (Å²) in [6.45, 7) is 0. The van der Waals surface area contributed by atoms with E-state index in [1.807, 2.05) is 0 Å². The fraction of sp³-hybridized carbons (Fsp3) is 0. The predicted molar refractivity (Wildman–Crippen MR) is 107 cm³/mol. The van der Waals surface area contributed by atoms with Gasteiger partial charge < -0.3 is 16.2 Å². The van der Waals surface area contributed by atoms with Crippen LogP contribution in [0.5, 0.6) is 0 Å². The standard InChI is InChI=1S/C20H16FN3O3S/c21-13-2-1-3-15(11-13)23-19(25)12-4-9-18(17(22)10-12)28-16-7-5-14(6-8-16)24-20(26)27/h1-11,24H,22H2,(H,23,25)(H,26,27). The highest BCUT2D eigenvalue weighted by Gasteiger charge is 2.10. The highest BCUT2D eigenvalue weighted by atomic mass is 32.2. The van der Waals surface area contributed by atoms with Crippen molar-refractivity contribution in [2.75, 3.05) is 16.4 Å². The predicted octanol–water partition coefficient (Wildman–Crippen LogP) is 4.90. The molecule has 5 N–H and O–H groups in total. The number of hydrogen-bond donors (Lipinski definition) is 4. The molecule has 0 fully saturated rings. The van der Waals surface area contributed by atoms with Gasteiger partial charge in [0.25, 0.3) is 5.91 Å². The first-order valence-electron chi connectivity index (χ1n) is 8.15. The molecule has 3 aromatic carbocycles. The van der Waals surface area contributed by atoms with E-state index in [0.29, 0.717) is 22.6 Å². The van der Waals surface area contributed by atoms with Crippen LogP contribution in [0.2, 0.25) is 0 Å². The van der Waals surface area contributed by atoms with Crippen molar-refractivity contribution in [1.82, 2.24) is 0 Å². The quantitative estimate of drug-likeness (QED) is 0.458. The van der Waals surface area contributed by atoms with Gasteiger partial charge >= 0.3 is 6.09 Å². The number of nitrogens with one attached hydrogen (secondary N) is 2. The lowest BCUT2D eigenvalue weighted by Gasteiger charge is -2.10. The summed E-state index contributed by atoms with van der Waals surface area (Å²) in [4.78, 5) is 24.6. The summed E-state index contributed by atoms with van der Waals surface area (Å²) in [6, 6.07) is 17.4. The number of halogens is 1. The lowest BCUT2D eigenvalue weighted by Crippen LogP contribution is -2.12. The van der Waals surface area contributed by atoms with Crippen molar-refractivity contribution >= 4 is 40.8 Å². The van der Waals surface area contributed by atoms with Crippen molar-refractivity contribution in [3.63, 3.8) is 0 Å². The molecule has 0 aromatic heterocycles. The lowest BCUT2D eigenvalue weighted by molar-refractivity contribution is 0.102. The normalized spacial score (nSPS) is 10.3. The molecule has 0 aliphatic rings. The van der Waals surface area contributed by atoms with Crippen LogP contribution in [0.1, 0.15) is 10.4 Å². The summed E-state index contributed by atoms with van der Waals surface area (Å²) in [7, 11) is 0. The molecule has 3 aromatic rings. The molecule has 0 bridgehead atoms. The number of nitrogen functional groups attached to an aromatic ring is 1. The average molecular weight is 397 g/mol. The van der Waals surface area contributed by atoms with Crippen molar-refractivity contribution < 1.29 is 19.1 Å². The van der Waals surface area contributed by atoms with E-state index in [1.165, 1.54) is 30.0 Å². The van der Waals surface area contributed by atoms with Crippen LogP contribution < -0.4 is 16.4 Å². The van der Waals surface area contributed by atoms with Gasteiger partial charge in [0.1, 0.15) is 5.82 Å². The first-order chi connectivity index (χ1) is 13.4. The molecule has 0 spiro atoms. The molecule has 3 rings (SSSR count). The SMILES string of the molecule is Nc1cc(C(=O)Nc2cccc(F)c2)ccc1Sc1ccc(NC(=O)O)cc1. The fourth-order valence-corrected chi connectivity index (χ4v) is 3.25. The van der Waals surface area contributed by atoms with Crippen molar-refractivity contribution in [1.29, 1.82) is 0 Å². The van der Waals surface area contributed by atoms with Gasteiger partial charge in [0.15, 0.2) is 0 Å². The largest absolute Gasteiger partial charge is 0.465 e. The van der Waals surface area contributed by atoms with Gasteiger partial charge in [-0.1, -0.05) is 17.8 Å². The Labute approximate surface area is 164 Å². The molecule has 0 atom stereocenters. The van der Waals surface area contributed by atoms with Gasteiger partial charge in [-0.3, -0.25) is 10.1 Å². The summed E-state index contributed by atoms with van der Waals surface area (Å²) < 4.78 is 13.2. The van der Waals surface area contributed by atoms with Gasteiger partial charge in [0.05, 0.1) is 0 Å². The van der Waals surface area contributed by atoms with Crippen LogP contribution in [0.3, 0.4) is 0 Å². The maximum atomic E-state index is 13.2. The summed E-state index contributed by atoms with van der Waals surface area (Å²) >= 11 is 1.39. The minimum Gasteiger partial charge on any atom is -0.465 e. The molecule has 0 saturated heterocycles. The summed E-state index contributed by atoms with van der Waals surface area (Å²) in [5, 5.41) is 13.6. The number of benzene rings is 3. The Morgan fingerprint density at radius 2 is 1.68 bits per heavy atom. The third-order valence-electron chi connectivity index (χ3n) is 3.69. The molecule has 0 saturated carbocycles. The zero-order chi connectivity index (χ0) is 20.1. The number of carboxylic acid groups (broad SMARTS) is 1. The van der Waals surface area contributed by atoms with E-state index in [-0.39, 0.29) is 0 Å². The molecule has 0 radical (unpaired) electrons. The second-order valence-electron chi connectivity index (χ2n) is 5.77. The monoisotopic (exact) mass is 397 g/mol. The zero-order valence-electron chi connectivity index (χ0n) is 14.5. The van der Waals surface area contributed by atoms with Gasteiger partial charge in [-0.25, -0.2) is 9.18 Å². The van der Waals surface area contributed by atoms with Crippen molar-refractivity contribution in [3.8, 4) is 0 Å². The van der Waals surface area contributed by atoms with E-state index in [9.17, 15) is 14.0 Å². The van der Waals surface area contributed by atoms with Gasteiger partial charge in [0, 0.05) is 32.4 Å². The Bertz CT molecular complexity index is 1030. The Balaban J connectivity index is 1.69. The Morgan fingerprint density at radius 1 is 0.929 bits per heavy atom. The summed E-state index contributed by atoms with van der Waals surface area (Å²) in [5.41, 5.74) is 7.67. The molecular formula is C20H16FN3O3S. The number of amides is 2. The minimum absolute atomic E-state index is 0.354. The minimum atomic E-state index is -1.13. The number of carbonyl (C=O) groups is 2. The molecule has 2 amide bonds. The molecule has 142 valence electrons. The Kier molecular flexibility index (Phi) is 5.81. The van der Waals surface area contributed by atoms with Crippen molar-refractivity contribution in [2.24, 2.45) is 0 Å². The molecule has 0 aliphatic carbocycles. The molecular weight excluding hydrogens is 381 g/mol. The molecule has 0 aliphatic heterocycles. The molecule has 6 nitrogen and oxygen atoms in total. The fourth-order valence-electron chi connectivity index (χ4n) is 2.41. The topological polar surface area (TPSA) is 104 Å². The summed E-state index contributed by atoms with van der Waals surface area (Å²) in [6.07, 6.45) is -1.13. The van der Waals surface area contributed by atoms with E-state index in [0.717, 1.165) is 9.79 Å². The van der Waals surface area contributed by atoms with E-state index in [4.69, 9.17) is 10.8 Å². The number of nitrogens with two attached hydrogens (primary N) is 1. The number of rotatable bonds is 5. The van der Waals surface area contributed by atoms with E-state index in [1.54, 1.807) is 48.5 Å². The second-order valence-corrected chi connectivity index (χ2v) is 6.89. The van der Waals surface area contributed by atoms with E-state index >= 15 is 0 Å². The van der Waals surface area contributed by atoms with Crippen molar-refractivity contribution in [2.45, 2.75) is 9.79 Å². The van der Waals surface area contributed by atoms with Crippen molar-refractivity contribution in [3.05, 3.63) is 78.1 Å². The maximum Gasteiger partial charge on any atom is 0.409 e. The molecule has 0 heterocycles. The van der Waals surface area contributed by atoms with Crippen LogP contribution in [0.15, 0.2) is 76.5 Å². The van der Waals surface area contributed by atoms with Gasteiger partial charge in [0.2, 0.25) is 0 Å². The first-order valence-corrected chi connectivity index (χ1v) is 8.97. The van der Waals surface area contributed by atoms with Gasteiger partial charge in [-0.2, -0.15) is 0 Å². The van der Waals surface area contributed by atoms with E-state index in [2.05, 4.69) is 10.6 Å². The van der Waals surface area contributed by atoms with Crippen LogP contribution in [-0.2, 0) is 0 Å². The molecule has 0 unspecified atom stereocenters. The van der Waals surface area contributed by atoms with Crippen LogP contribution in [0, 0.1) is 5.82 Å². The average Bonchev–Trinajstić information content (AvgIpc) is 2.64. The smallest absolute Gasteiger partial charge is 0.409 e. The highest BCUT2D eigenvalue weighted by Crippen LogP contribution is 2.33. The molecule has 8 heteroatoms. The maximum absolute atomic E-state index is 13.2. The first kappa shape index (κ1) is 19.2. The third-order valence-corrected chi connectivity index (χ3v) is 4.79. The Morgan fingerprint density at radius 3 is 2.32 bits per heavy atom. The second kappa shape index (κ2) is 8.45. The van der Waals surface area contributed by atoms with Crippen LogP contribution in [-0.4, -0.2) is 17.1 Å².